The van der Waals surface area contributed by atoms with Gasteiger partial charge in [0.25, 0.3) is 0 Å². The van der Waals surface area contributed by atoms with Crippen molar-refractivity contribution in [2.24, 2.45) is 5.92 Å². The molecule has 0 saturated carbocycles. The van der Waals surface area contributed by atoms with Gasteiger partial charge in [0.2, 0.25) is 11.8 Å². The van der Waals surface area contributed by atoms with Gasteiger partial charge in [-0.2, -0.15) is 0 Å². The van der Waals surface area contributed by atoms with Gasteiger partial charge in [-0.3, -0.25) is 10.1 Å². The summed E-state index contributed by atoms with van der Waals surface area (Å²) in [5.41, 5.74) is 2.40. The molecule has 1 amide bonds. The van der Waals surface area contributed by atoms with Crippen LogP contribution in [0.2, 0.25) is 0 Å². The van der Waals surface area contributed by atoms with E-state index >= 15 is 0 Å². The van der Waals surface area contributed by atoms with Gasteiger partial charge in [-0.15, -0.1) is 5.10 Å². The third-order valence-electron chi connectivity index (χ3n) is 3.01. The van der Waals surface area contributed by atoms with Crippen molar-refractivity contribution in [2.75, 3.05) is 5.32 Å². The fourth-order valence-electron chi connectivity index (χ4n) is 1.69. The van der Waals surface area contributed by atoms with Crippen LogP contribution in [0, 0.1) is 5.92 Å². The van der Waals surface area contributed by atoms with E-state index < -0.39 is 0 Å². The van der Waals surface area contributed by atoms with Crippen LogP contribution in [0.5, 0.6) is 0 Å². The largest absolute Gasteiger partial charge is 0.407 e. The van der Waals surface area contributed by atoms with Gasteiger partial charge in [0.05, 0.1) is 6.42 Å². The summed E-state index contributed by atoms with van der Waals surface area (Å²) >= 11 is 0. The Morgan fingerprint density at radius 2 is 1.85 bits per heavy atom. The molecule has 0 fully saturated rings. The van der Waals surface area contributed by atoms with Crippen LogP contribution < -0.4 is 5.32 Å². The van der Waals surface area contributed by atoms with E-state index in [2.05, 4.69) is 46.7 Å². The number of aromatic nitrogens is 2. The Hall–Kier alpha value is -2.17. The van der Waals surface area contributed by atoms with Crippen LogP contribution in [0.25, 0.3) is 0 Å². The van der Waals surface area contributed by atoms with E-state index in [9.17, 15) is 4.79 Å². The highest BCUT2D eigenvalue weighted by Crippen LogP contribution is 2.13. The molecule has 0 spiro atoms. The van der Waals surface area contributed by atoms with E-state index in [0.717, 1.165) is 12.0 Å². The molecule has 0 radical (unpaired) electrons. The third kappa shape index (κ3) is 3.66. The summed E-state index contributed by atoms with van der Waals surface area (Å²) in [5, 5.41) is 10.3. The molecule has 1 aromatic heterocycles. The Bertz CT molecular complexity index is 573. The topological polar surface area (TPSA) is 68.0 Å². The number of aryl methyl sites for hydroxylation is 1. The molecular weight excluding hydrogens is 254 g/mol. The maximum atomic E-state index is 11.5. The Labute approximate surface area is 118 Å². The zero-order chi connectivity index (χ0) is 14.5. The highest BCUT2D eigenvalue weighted by atomic mass is 16.4. The molecule has 5 heteroatoms. The van der Waals surface area contributed by atoms with E-state index in [0.29, 0.717) is 12.3 Å². The first-order chi connectivity index (χ1) is 9.58. The zero-order valence-electron chi connectivity index (χ0n) is 12.0. The first kappa shape index (κ1) is 14.2. The summed E-state index contributed by atoms with van der Waals surface area (Å²) in [6, 6.07) is 8.44. The summed E-state index contributed by atoms with van der Waals surface area (Å²) < 4.78 is 5.41. The number of carbonyl (C=O) groups excluding carboxylic acids is 1. The minimum absolute atomic E-state index is 0.119. The second kappa shape index (κ2) is 6.32. The summed E-state index contributed by atoms with van der Waals surface area (Å²) in [6.45, 7) is 5.74. The Morgan fingerprint density at radius 1 is 1.20 bits per heavy atom. The molecule has 0 aliphatic rings. The van der Waals surface area contributed by atoms with Gasteiger partial charge in [0.15, 0.2) is 0 Å². The highest BCUT2D eigenvalue weighted by molar-refractivity contribution is 5.89. The quantitative estimate of drug-likeness (QED) is 0.909. The van der Waals surface area contributed by atoms with Crippen LogP contribution in [-0.2, 0) is 17.6 Å². The van der Waals surface area contributed by atoms with Crippen molar-refractivity contribution in [3.63, 3.8) is 0 Å². The maximum absolute atomic E-state index is 11.5. The van der Waals surface area contributed by atoms with Gasteiger partial charge in [0.1, 0.15) is 0 Å². The molecule has 0 atom stereocenters. The van der Waals surface area contributed by atoms with E-state index in [4.69, 9.17) is 4.42 Å². The molecule has 2 rings (SSSR count). The second-order valence-corrected chi connectivity index (χ2v) is 4.99. The van der Waals surface area contributed by atoms with Crippen LogP contribution in [0.1, 0.15) is 37.8 Å². The van der Waals surface area contributed by atoms with Crippen LogP contribution in [-0.4, -0.2) is 16.1 Å². The van der Waals surface area contributed by atoms with E-state index in [-0.39, 0.29) is 17.8 Å². The lowest BCUT2D eigenvalue weighted by atomic mass is 10.1. The molecule has 1 aromatic carbocycles. The van der Waals surface area contributed by atoms with Crippen molar-refractivity contribution in [2.45, 2.75) is 33.6 Å². The molecule has 0 aliphatic heterocycles. The predicted molar refractivity (Wildman–Crippen MR) is 76.4 cm³/mol. The van der Waals surface area contributed by atoms with E-state index in [1.54, 1.807) is 0 Å². The summed E-state index contributed by atoms with van der Waals surface area (Å²) in [6.07, 6.45) is 1.58. The average Bonchev–Trinajstić information content (AvgIpc) is 2.86. The molecule has 1 N–H and O–H groups in total. The lowest BCUT2D eigenvalue weighted by Crippen LogP contribution is -2.17. The first-order valence-corrected chi connectivity index (χ1v) is 6.79. The Balaban J connectivity index is 1.99. The molecule has 0 aliphatic carbocycles. The number of carbonyl (C=O) groups is 1. The summed E-state index contributed by atoms with van der Waals surface area (Å²) in [5.74, 6) is 0.243. The number of benzene rings is 1. The average molecular weight is 273 g/mol. The standard InChI is InChI=1S/C15H19N3O2/c1-4-11-5-7-12(8-6-11)9-13-17-18-15(20-13)16-14(19)10(2)3/h5-8,10H,4,9H2,1-3H3,(H,16,18,19). The molecule has 2 aromatic rings. The smallest absolute Gasteiger partial charge is 0.322 e. The van der Waals surface area contributed by atoms with Crippen molar-refractivity contribution in [1.82, 2.24) is 10.2 Å². The number of hydrogen-bond donors (Lipinski definition) is 1. The van der Waals surface area contributed by atoms with Crippen molar-refractivity contribution >= 4 is 11.9 Å². The summed E-state index contributed by atoms with van der Waals surface area (Å²) in [4.78, 5) is 11.5. The maximum Gasteiger partial charge on any atom is 0.322 e. The summed E-state index contributed by atoms with van der Waals surface area (Å²) in [7, 11) is 0. The Kier molecular flexibility index (Phi) is 4.50. The molecular formula is C15H19N3O2. The van der Waals surface area contributed by atoms with E-state index in [1.165, 1.54) is 5.56 Å². The number of nitrogens with one attached hydrogen (secondary N) is 1. The van der Waals surface area contributed by atoms with Gasteiger partial charge in [-0.05, 0) is 17.5 Å². The van der Waals surface area contributed by atoms with Gasteiger partial charge < -0.3 is 4.42 Å². The van der Waals surface area contributed by atoms with Crippen LogP contribution in [0.4, 0.5) is 6.01 Å². The minimum atomic E-state index is -0.132. The minimum Gasteiger partial charge on any atom is -0.407 e. The fourth-order valence-corrected chi connectivity index (χ4v) is 1.69. The molecule has 5 nitrogen and oxygen atoms in total. The number of amides is 1. The molecule has 0 bridgehead atoms. The van der Waals surface area contributed by atoms with Crippen molar-refractivity contribution in [3.8, 4) is 0 Å². The van der Waals surface area contributed by atoms with Crippen LogP contribution in [0.3, 0.4) is 0 Å². The Morgan fingerprint density at radius 3 is 2.45 bits per heavy atom. The normalized spacial score (nSPS) is 10.8. The highest BCUT2D eigenvalue weighted by Gasteiger charge is 2.12. The molecule has 0 unspecified atom stereocenters. The van der Waals surface area contributed by atoms with Gasteiger partial charge in [-0.25, -0.2) is 0 Å². The van der Waals surface area contributed by atoms with Crippen LogP contribution >= 0.6 is 0 Å². The second-order valence-electron chi connectivity index (χ2n) is 4.99. The monoisotopic (exact) mass is 273 g/mol. The first-order valence-electron chi connectivity index (χ1n) is 6.79. The van der Waals surface area contributed by atoms with E-state index in [1.807, 2.05) is 13.8 Å². The van der Waals surface area contributed by atoms with Gasteiger partial charge in [0, 0.05) is 5.92 Å². The van der Waals surface area contributed by atoms with Gasteiger partial charge in [-0.1, -0.05) is 50.1 Å². The molecule has 20 heavy (non-hydrogen) atoms. The van der Waals surface area contributed by atoms with Crippen LogP contribution in [0.15, 0.2) is 28.7 Å². The SMILES string of the molecule is CCc1ccc(Cc2nnc(NC(=O)C(C)C)o2)cc1. The number of anilines is 1. The van der Waals surface area contributed by atoms with Gasteiger partial charge >= 0.3 is 6.01 Å². The molecule has 0 saturated heterocycles. The number of nitrogens with zero attached hydrogens (tertiary/aromatic N) is 2. The van der Waals surface area contributed by atoms with Crippen molar-refractivity contribution in [1.29, 1.82) is 0 Å². The lowest BCUT2D eigenvalue weighted by Gasteiger charge is -2.02. The lowest BCUT2D eigenvalue weighted by molar-refractivity contribution is -0.119. The van der Waals surface area contributed by atoms with Crippen molar-refractivity contribution < 1.29 is 9.21 Å². The third-order valence-corrected chi connectivity index (χ3v) is 3.01. The number of hydrogen-bond acceptors (Lipinski definition) is 4. The number of rotatable bonds is 5. The fraction of sp³-hybridized carbons (Fsp3) is 0.400. The van der Waals surface area contributed by atoms with Crippen molar-refractivity contribution in [3.05, 3.63) is 41.3 Å². The molecule has 106 valence electrons. The predicted octanol–water partition coefficient (Wildman–Crippen LogP) is 2.82. The molecule has 1 heterocycles. The zero-order valence-corrected chi connectivity index (χ0v) is 12.0.